The largest absolute Gasteiger partial charge is 0.478 e. The maximum Gasteiger partial charge on any atom is 0.335 e. The van der Waals surface area contributed by atoms with Crippen LogP contribution in [0.3, 0.4) is 0 Å². The van der Waals surface area contributed by atoms with E-state index >= 15 is 0 Å². The van der Waals surface area contributed by atoms with Gasteiger partial charge in [0.05, 0.1) is 16.3 Å². The zero-order valence-electron chi connectivity index (χ0n) is 9.32. The molecule has 0 amide bonds. The van der Waals surface area contributed by atoms with Crippen molar-refractivity contribution >= 4 is 40.7 Å². The molecule has 19 heavy (non-hydrogen) atoms. The normalized spacial score (nSPS) is 10.3. The van der Waals surface area contributed by atoms with E-state index in [1.54, 1.807) is 0 Å². The van der Waals surface area contributed by atoms with Crippen LogP contribution in [-0.4, -0.2) is 16.1 Å². The molecule has 7 heteroatoms. The molecule has 1 heterocycles. The summed E-state index contributed by atoms with van der Waals surface area (Å²) < 4.78 is 12.9. The molecule has 2 rings (SSSR count). The fourth-order valence-corrected chi connectivity index (χ4v) is 1.84. The molecule has 0 aliphatic carbocycles. The number of anilines is 2. The summed E-state index contributed by atoms with van der Waals surface area (Å²) in [7, 11) is 0. The highest BCUT2D eigenvalue weighted by Gasteiger charge is 2.09. The van der Waals surface area contributed by atoms with Crippen molar-refractivity contribution in [2.24, 2.45) is 0 Å². The molecule has 0 radical (unpaired) electrons. The summed E-state index contributed by atoms with van der Waals surface area (Å²) >= 11 is 11.6. The number of aromatic carboxylic acids is 1. The van der Waals surface area contributed by atoms with Crippen molar-refractivity contribution < 1.29 is 14.3 Å². The minimum absolute atomic E-state index is 0.0132. The fourth-order valence-electron chi connectivity index (χ4n) is 1.41. The van der Waals surface area contributed by atoms with E-state index < -0.39 is 11.8 Å². The monoisotopic (exact) mass is 300 g/mol. The van der Waals surface area contributed by atoms with Crippen molar-refractivity contribution in [1.82, 2.24) is 4.98 Å². The Labute approximate surface area is 117 Å². The van der Waals surface area contributed by atoms with Gasteiger partial charge < -0.3 is 10.4 Å². The van der Waals surface area contributed by atoms with E-state index in [9.17, 15) is 9.18 Å². The predicted octanol–water partition coefficient (Wildman–Crippen LogP) is 3.97. The quantitative estimate of drug-likeness (QED) is 0.842. The summed E-state index contributed by atoms with van der Waals surface area (Å²) in [6.07, 6.45) is 0. The number of carboxylic acid groups (broad SMARTS) is 1. The van der Waals surface area contributed by atoms with Gasteiger partial charge in [-0.15, -0.1) is 0 Å². The van der Waals surface area contributed by atoms with Gasteiger partial charge in [-0.1, -0.05) is 23.2 Å². The van der Waals surface area contributed by atoms with Gasteiger partial charge in [-0.05, 0) is 30.3 Å². The molecule has 1 aromatic carbocycles. The Bertz CT molecular complexity index is 650. The van der Waals surface area contributed by atoms with Crippen molar-refractivity contribution in [1.29, 1.82) is 0 Å². The van der Waals surface area contributed by atoms with E-state index in [0.717, 1.165) is 6.07 Å². The molecule has 0 fully saturated rings. The highest BCUT2D eigenvalue weighted by atomic mass is 35.5. The van der Waals surface area contributed by atoms with Gasteiger partial charge in [0.15, 0.2) is 0 Å². The van der Waals surface area contributed by atoms with Crippen LogP contribution in [0.5, 0.6) is 0 Å². The lowest BCUT2D eigenvalue weighted by Crippen LogP contribution is -2.01. The molecule has 0 aliphatic rings. The Hall–Kier alpha value is -1.85. The third-order valence-electron chi connectivity index (χ3n) is 2.23. The molecule has 1 aromatic heterocycles. The third kappa shape index (κ3) is 3.33. The van der Waals surface area contributed by atoms with E-state index in [1.165, 1.54) is 24.3 Å². The number of nitrogens with one attached hydrogen (secondary N) is 1. The fraction of sp³-hybridized carbons (Fsp3) is 0. The molecule has 4 nitrogen and oxygen atoms in total. The van der Waals surface area contributed by atoms with Crippen molar-refractivity contribution in [2.75, 3.05) is 5.32 Å². The van der Waals surface area contributed by atoms with Crippen molar-refractivity contribution in [2.45, 2.75) is 0 Å². The summed E-state index contributed by atoms with van der Waals surface area (Å²) in [5, 5.41) is 11.9. The van der Waals surface area contributed by atoms with Crippen LogP contribution in [-0.2, 0) is 0 Å². The molecule has 0 saturated heterocycles. The number of halogens is 3. The van der Waals surface area contributed by atoms with Gasteiger partial charge in [0.1, 0.15) is 16.8 Å². The van der Waals surface area contributed by atoms with Gasteiger partial charge in [0.25, 0.3) is 0 Å². The third-order valence-corrected chi connectivity index (χ3v) is 2.74. The molecule has 0 aliphatic heterocycles. The van der Waals surface area contributed by atoms with Crippen molar-refractivity contribution in [3.05, 3.63) is 51.9 Å². The first-order valence-corrected chi connectivity index (χ1v) is 5.84. The Morgan fingerprint density at radius 3 is 2.63 bits per heavy atom. The SMILES string of the molecule is O=C(O)c1cc(Cl)nc(Nc2ccc(F)cc2Cl)c1. The van der Waals surface area contributed by atoms with Gasteiger partial charge in [0, 0.05) is 0 Å². The van der Waals surface area contributed by atoms with Crippen LogP contribution in [0.15, 0.2) is 30.3 Å². The number of nitrogens with zero attached hydrogens (tertiary/aromatic N) is 1. The van der Waals surface area contributed by atoms with E-state index in [-0.39, 0.29) is 21.6 Å². The zero-order valence-corrected chi connectivity index (χ0v) is 10.8. The smallest absolute Gasteiger partial charge is 0.335 e. The first-order chi connectivity index (χ1) is 8.95. The molecule has 2 N–H and O–H groups in total. The van der Waals surface area contributed by atoms with Crippen molar-refractivity contribution in [3.8, 4) is 0 Å². The van der Waals surface area contributed by atoms with Crippen molar-refractivity contribution in [3.63, 3.8) is 0 Å². The van der Waals surface area contributed by atoms with E-state index in [4.69, 9.17) is 28.3 Å². The molecule has 2 aromatic rings. The summed E-state index contributed by atoms with van der Waals surface area (Å²) in [4.78, 5) is 14.8. The number of pyridine rings is 1. The standard InChI is InChI=1S/C12H7Cl2FN2O2/c13-8-5-7(15)1-2-9(8)16-11-4-6(12(18)19)3-10(14)17-11/h1-5H,(H,16,17)(H,18,19). The summed E-state index contributed by atoms with van der Waals surface area (Å²) in [6.45, 7) is 0. The Morgan fingerprint density at radius 1 is 1.26 bits per heavy atom. The second kappa shape index (κ2) is 5.42. The number of carboxylic acids is 1. The van der Waals surface area contributed by atoms with E-state index in [1.807, 2.05) is 0 Å². The van der Waals surface area contributed by atoms with Crippen LogP contribution in [0.25, 0.3) is 0 Å². The van der Waals surface area contributed by atoms with Crippen LogP contribution >= 0.6 is 23.2 Å². The lowest BCUT2D eigenvalue weighted by molar-refractivity contribution is 0.0697. The first-order valence-electron chi connectivity index (χ1n) is 5.08. The maximum atomic E-state index is 12.9. The molecule has 0 saturated carbocycles. The number of rotatable bonds is 3. The predicted molar refractivity (Wildman–Crippen MR) is 70.9 cm³/mol. The summed E-state index contributed by atoms with van der Waals surface area (Å²) in [5.74, 6) is -1.39. The molecule has 0 bridgehead atoms. The van der Waals surface area contributed by atoms with Gasteiger partial charge in [-0.3, -0.25) is 0 Å². The lowest BCUT2D eigenvalue weighted by Gasteiger charge is -2.08. The van der Waals surface area contributed by atoms with Crippen LogP contribution in [0, 0.1) is 5.82 Å². The number of aromatic nitrogens is 1. The van der Waals surface area contributed by atoms with Crippen LogP contribution in [0.1, 0.15) is 10.4 Å². The number of hydrogen-bond donors (Lipinski definition) is 2. The van der Waals surface area contributed by atoms with Crippen LogP contribution in [0.2, 0.25) is 10.2 Å². The van der Waals surface area contributed by atoms with Gasteiger partial charge in [0.2, 0.25) is 0 Å². The number of hydrogen-bond acceptors (Lipinski definition) is 3. The summed E-state index contributed by atoms with van der Waals surface area (Å²) in [6, 6.07) is 6.29. The highest BCUT2D eigenvalue weighted by Crippen LogP contribution is 2.26. The van der Waals surface area contributed by atoms with E-state index in [0.29, 0.717) is 5.69 Å². The second-order valence-corrected chi connectivity index (χ2v) is 4.41. The Morgan fingerprint density at radius 2 is 2.00 bits per heavy atom. The van der Waals surface area contributed by atoms with Gasteiger partial charge in [-0.2, -0.15) is 0 Å². The summed E-state index contributed by atoms with van der Waals surface area (Å²) in [5.41, 5.74) is 0.384. The average Bonchev–Trinajstić information content (AvgIpc) is 2.32. The molecule has 0 unspecified atom stereocenters. The first kappa shape index (κ1) is 13.6. The Kier molecular flexibility index (Phi) is 3.87. The zero-order chi connectivity index (χ0) is 14.0. The lowest BCUT2D eigenvalue weighted by atomic mass is 10.2. The molecular weight excluding hydrogens is 294 g/mol. The Balaban J connectivity index is 2.35. The number of carbonyl (C=O) groups is 1. The number of benzene rings is 1. The van der Waals surface area contributed by atoms with Gasteiger partial charge in [-0.25, -0.2) is 14.2 Å². The van der Waals surface area contributed by atoms with Gasteiger partial charge >= 0.3 is 5.97 Å². The molecular formula is C12H7Cl2FN2O2. The van der Waals surface area contributed by atoms with E-state index in [2.05, 4.69) is 10.3 Å². The van der Waals surface area contributed by atoms with Crippen LogP contribution in [0.4, 0.5) is 15.9 Å². The highest BCUT2D eigenvalue weighted by molar-refractivity contribution is 6.33. The molecule has 0 atom stereocenters. The molecule has 98 valence electrons. The molecule has 0 spiro atoms. The average molecular weight is 301 g/mol. The van der Waals surface area contributed by atoms with Crippen LogP contribution < -0.4 is 5.32 Å². The topological polar surface area (TPSA) is 62.2 Å². The minimum Gasteiger partial charge on any atom is -0.478 e. The second-order valence-electron chi connectivity index (χ2n) is 3.62. The maximum absolute atomic E-state index is 12.9. The minimum atomic E-state index is -1.13.